The fraction of sp³-hybridized carbons (Fsp3) is 0.222. The van der Waals surface area contributed by atoms with Crippen molar-refractivity contribution in [2.24, 2.45) is 5.92 Å². The Bertz CT molecular complexity index is 807. The van der Waals surface area contributed by atoms with Crippen LogP contribution in [-0.4, -0.2) is 19.0 Å². The molecular formula is C18H15Cl2NO3. The van der Waals surface area contributed by atoms with Crippen LogP contribution in [0.1, 0.15) is 28.3 Å². The summed E-state index contributed by atoms with van der Waals surface area (Å²) in [4.78, 5) is 24.0. The first kappa shape index (κ1) is 16.8. The molecule has 1 saturated carbocycles. The van der Waals surface area contributed by atoms with Crippen LogP contribution in [0.25, 0.3) is 0 Å². The van der Waals surface area contributed by atoms with Crippen LogP contribution in [0.3, 0.4) is 0 Å². The normalized spacial score (nSPS) is 18.8. The number of carbonyl (C=O) groups excluding carboxylic acids is 2. The van der Waals surface area contributed by atoms with E-state index in [1.807, 2.05) is 24.3 Å². The Balaban J connectivity index is 1.72. The van der Waals surface area contributed by atoms with Crippen molar-refractivity contribution in [1.82, 2.24) is 0 Å². The molecule has 3 rings (SSSR count). The topological polar surface area (TPSA) is 55.4 Å². The average molecular weight is 364 g/mol. The molecule has 2 aromatic rings. The van der Waals surface area contributed by atoms with Crippen LogP contribution in [0.2, 0.25) is 10.0 Å². The molecule has 0 saturated heterocycles. The largest absolute Gasteiger partial charge is 0.465 e. The molecule has 4 nitrogen and oxygen atoms in total. The molecule has 0 heterocycles. The maximum Gasteiger partial charge on any atom is 0.337 e. The maximum absolute atomic E-state index is 12.4. The summed E-state index contributed by atoms with van der Waals surface area (Å²) in [5.41, 5.74) is 1.71. The van der Waals surface area contributed by atoms with E-state index < -0.39 is 5.97 Å². The third kappa shape index (κ3) is 3.40. The molecule has 1 aliphatic carbocycles. The highest BCUT2D eigenvalue weighted by atomic mass is 35.5. The Morgan fingerprint density at radius 3 is 2.58 bits per heavy atom. The number of rotatable bonds is 4. The quantitative estimate of drug-likeness (QED) is 0.812. The van der Waals surface area contributed by atoms with Gasteiger partial charge in [0.15, 0.2) is 0 Å². The number of carbonyl (C=O) groups is 2. The van der Waals surface area contributed by atoms with Crippen molar-refractivity contribution >= 4 is 40.8 Å². The predicted octanol–water partition coefficient (Wildman–Crippen LogP) is 4.52. The third-order valence-corrected chi connectivity index (χ3v) is 4.75. The van der Waals surface area contributed by atoms with Gasteiger partial charge in [0.2, 0.25) is 5.91 Å². The van der Waals surface area contributed by atoms with E-state index in [1.54, 1.807) is 12.1 Å². The molecule has 1 aliphatic rings. The third-order valence-electron chi connectivity index (χ3n) is 4.08. The number of amides is 1. The molecule has 1 fully saturated rings. The first-order chi connectivity index (χ1) is 11.5. The highest BCUT2D eigenvalue weighted by Gasteiger charge is 2.44. The smallest absolute Gasteiger partial charge is 0.337 e. The van der Waals surface area contributed by atoms with Crippen molar-refractivity contribution in [3.8, 4) is 0 Å². The Kier molecular flexibility index (Phi) is 4.78. The minimum Gasteiger partial charge on any atom is -0.465 e. The summed E-state index contributed by atoms with van der Waals surface area (Å²) in [6, 6.07) is 12.1. The molecule has 0 radical (unpaired) electrons. The van der Waals surface area contributed by atoms with Crippen molar-refractivity contribution in [3.63, 3.8) is 0 Å². The van der Waals surface area contributed by atoms with Gasteiger partial charge in [-0.3, -0.25) is 4.79 Å². The number of methoxy groups -OCH3 is 1. The van der Waals surface area contributed by atoms with Gasteiger partial charge in [0, 0.05) is 10.9 Å². The van der Waals surface area contributed by atoms with Gasteiger partial charge < -0.3 is 10.1 Å². The Hall–Kier alpha value is -2.04. The van der Waals surface area contributed by atoms with E-state index in [4.69, 9.17) is 23.2 Å². The van der Waals surface area contributed by atoms with Crippen LogP contribution in [0, 0.1) is 5.92 Å². The fourth-order valence-corrected chi connectivity index (χ4v) is 3.14. The Morgan fingerprint density at radius 2 is 1.88 bits per heavy atom. The number of ether oxygens (including phenoxy) is 1. The van der Waals surface area contributed by atoms with Crippen LogP contribution in [-0.2, 0) is 9.53 Å². The van der Waals surface area contributed by atoms with Gasteiger partial charge >= 0.3 is 5.97 Å². The molecule has 0 spiro atoms. The zero-order valence-corrected chi connectivity index (χ0v) is 14.4. The molecule has 1 amide bonds. The second-order valence-electron chi connectivity index (χ2n) is 5.65. The van der Waals surface area contributed by atoms with E-state index in [-0.39, 0.29) is 17.7 Å². The predicted molar refractivity (Wildman–Crippen MR) is 93.7 cm³/mol. The highest BCUT2D eigenvalue weighted by Crippen LogP contribution is 2.50. The van der Waals surface area contributed by atoms with Crippen LogP contribution in [0.4, 0.5) is 5.69 Å². The molecule has 6 heteroatoms. The molecule has 0 bridgehead atoms. The van der Waals surface area contributed by atoms with Crippen molar-refractivity contribution in [3.05, 3.63) is 63.6 Å². The summed E-state index contributed by atoms with van der Waals surface area (Å²) in [7, 11) is 1.30. The van der Waals surface area contributed by atoms with E-state index in [9.17, 15) is 9.59 Å². The molecule has 124 valence electrons. The van der Waals surface area contributed by atoms with Crippen LogP contribution in [0.15, 0.2) is 42.5 Å². The second kappa shape index (κ2) is 6.83. The summed E-state index contributed by atoms with van der Waals surface area (Å²) in [5, 5.41) is 3.83. The molecule has 2 atom stereocenters. The summed E-state index contributed by atoms with van der Waals surface area (Å²) in [6.45, 7) is 0. The summed E-state index contributed by atoms with van der Waals surface area (Å²) in [5.74, 6) is -0.657. The summed E-state index contributed by atoms with van der Waals surface area (Å²) < 4.78 is 4.67. The lowest BCUT2D eigenvalue weighted by molar-refractivity contribution is -0.117. The van der Waals surface area contributed by atoms with E-state index in [0.717, 1.165) is 12.0 Å². The second-order valence-corrected chi connectivity index (χ2v) is 6.46. The number of hydrogen-bond donors (Lipinski definition) is 1. The number of esters is 1. The lowest BCUT2D eigenvalue weighted by Crippen LogP contribution is -2.15. The molecular weight excluding hydrogens is 349 g/mol. The van der Waals surface area contributed by atoms with E-state index in [0.29, 0.717) is 21.3 Å². The number of benzene rings is 2. The van der Waals surface area contributed by atoms with Gasteiger partial charge in [0.05, 0.1) is 23.4 Å². The standard InChI is InChI=1S/C18H15Cl2NO3/c1-24-18(23)10-6-7-15(20)16(8-10)21-17(22)13-9-12(13)11-4-2-3-5-14(11)19/h2-8,12-13H,9H2,1H3,(H,21,22). The lowest BCUT2D eigenvalue weighted by Gasteiger charge is -2.09. The molecule has 2 aromatic carbocycles. The Labute approximate surface area is 149 Å². The fourth-order valence-electron chi connectivity index (χ4n) is 2.70. The van der Waals surface area contributed by atoms with Gasteiger partial charge in [-0.15, -0.1) is 0 Å². The van der Waals surface area contributed by atoms with E-state index in [2.05, 4.69) is 10.1 Å². The monoisotopic (exact) mass is 363 g/mol. The van der Waals surface area contributed by atoms with Gasteiger partial charge in [0.1, 0.15) is 0 Å². The summed E-state index contributed by atoms with van der Waals surface area (Å²) in [6.07, 6.45) is 0.740. The molecule has 2 unspecified atom stereocenters. The zero-order valence-electron chi connectivity index (χ0n) is 12.9. The van der Waals surface area contributed by atoms with Gasteiger partial charge in [-0.1, -0.05) is 41.4 Å². The van der Waals surface area contributed by atoms with Crippen LogP contribution < -0.4 is 5.32 Å². The zero-order chi connectivity index (χ0) is 17.3. The van der Waals surface area contributed by atoms with E-state index in [1.165, 1.54) is 13.2 Å². The molecule has 24 heavy (non-hydrogen) atoms. The first-order valence-corrected chi connectivity index (χ1v) is 8.20. The van der Waals surface area contributed by atoms with Gasteiger partial charge in [-0.05, 0) is 42.2 Å². The van der Waals surface area contributed by atoms with Crippen LogP contribution >= 0.6 is 23.2 Å². The van der Waals surface area contributed by atoms with Crippen LogP contribution in [0.5, 0.6) is 0 Å². The number of hydrogen-bond acceptors (Lipinski definition) is 3. The van der Waals surface area contributed by atoms with Crippen molar-refractivity contribution in [1.29, 1.82) is 0 Å². The first-order valence-electron chi connectivity index (χ1n) is 7.44. The minimum atomic E-state index is -0.484. The molecule has 0 aromatic heterocycles. The molecule has 1 N–H and O–H groups in total. The number of nitrogens with one attached hydrogen (secondary N) is 1. The average Bonchev–Trinajstić information content (AvgIpc) is 3.37. The van der Waals surface area contributed by atoms with Gasteiger partial charge in [-0.25, -0.2) is 4.79 Å². The maximum atomic E-state index is 12.4. The SMILES string of the molecule is COC(=O)c1ccc(Cl)c(NC(=O)C2CC2c2ccccc2Cl)c1. The Morgan fingerprint density at radius 1 is 1.12 bits per heavy atom. The minimum absolute atomic E-state index is 0.112. The van der Waals surface area contributed by atoms with Crippen molar-refractivity contribution in [2.75, 3.05) is 12.4 Å². The van der Waals surface area contributed by atoms with Gasteiger partial charge in [0.25, 0.3) is 0 Å². The molecule has 0 aliphatic heterocycles. The van der Waals surface area contributed by atoms with E-state index >= 15 is 0 Å². The highest BCUT2D eigenvalue weighted by molar-refractivity contribution is 6.34. The lowest BCUT2D eigenvalue weighted by atomic mass is 10.1. The van der Waals surface area contributed by atoms with Gasteiger partial charge in [-0.2, -0.15) is 0 Å². The number of halogens is 2. The summed E-state index contributed by atoms with van der Waals surface area (Å²) >= 11 is 12.3. The van der Waals surface area contributed by atoms with Crippen molar-refractivity contribution in [2.45, 2.75) is 12.3 Å². The van der Waals surface area contributed by atoms with Crippen molar-refractivity contribution < 1.29 is 14.3 Å². The number of anilines is 1.